The molecule has 20 heavy (non-hydrogen) atoms. The van der Waals surface area contributed by atoms with Crippen LogP contribution in [0.4, 0.5) is 0 Å². The van der Waals surface area contributed by atoms with E-state index in [1.165, 1.54) is 0 Å². The molecule has 4 nitrogen and oxygen atoms in total. The number of rotatable bonds is 2. The maximum absolute atomic E-state index is 9.00. The summed E-state index contributed by atoms with van der Waals surface area (Å²) in [5.74, 6) is -0.833. The van der Waals surface area contributed by atoms with Gasteiger partial charge in [-0.2, -0.15) is 5.56 Å². The number of carboxylic acids is 1. The van der Waals surface area contributed by atoms with Gasteiger partial charge < -0.3 is 15.1 Å². The zero-order valence-corrected chi connectivity index (χ0v) is 11.8. The van der Waals surface area contributed by atoms with E-state index in [9.17, 15) is 0 Å². The summed E-state index contributed by atoms with van der Waals surface area (Å²) in [7, 11) is 0. The number of carbonyl (C=O) groups is 1. The van der Waals surface area contributed by atoms with Gasteiger partial charge in [0.05, 0.1) is 0 Å². The van der Waals surface area contributed by atoms with E-state index in [0.29, 0.717) is 11.2 Å². The number of aliphatic carboxylic acids is 1. The van der Waals surface area contributed by atoms with Gasteiger partial charge in [-0.05, 0) is 0 Å². The number of carboxylic acid groups (broad SMARTS) is 1. The van der Waals surface area contributed by atoms with Crippen molar-refractivity contribution < 1.29 is 27.0 Å². The number of hydrogen-bond donors (Lipinski definition) is 1. The third-order valence-electron chi connectivity index (χ3n) is 1.95. The Morgan fingerprint density at radius 3 is 2.20 bits per heavy atom. The normalized spacial score (nSPS) is 9.75. The Morgan fingerprint density at radius 1 is 1.15 bits per heavy atom. The summed E-state index contributed by atoms with van der Waals surface area (Å²) < 4.78 is 0. The van der Waals surface area contributed by atoms with Crippen molar-refractivity contribution in [2.24, 2.45) is 4.99 Å². The van der Waals surface area contributed by atoms with Crippen molar-refractivity contribution in [2.75, 3.05) is 0 Å². The molecule has 1 N–H and O–H groups in total. The Kier molecular flexibility index (Phi) is 8.75. The van der Waals surface area contributed by atoms with E-state index in [1.54, 1.807) is 6.20 Å². The van der Waals surface area contributed by atoms with E-state index in [1.807, 2.05) is 48.5 Å². The van der Waals surface area contributed by atoms with Crippen LogP contribution < -0.4 is 10.5 Å². The zero-order chi connectivity index (χ0) is 14.1. The smallest absolute Gasteiger partial charge is 0.481 e. The van der Waals surface area contributed by atoms with Gasteiger partial charge in [0.15, 0.2) is 0 Å². The molecular formula is C15H14CuN2O2. The Labute approximate surface area is 128 Å². The molecule has 0 aliphatic heterocycles. The minimum Gasteiger partial charge on any atom is -0.481 e. The van der Waals surface area contributed by atoms with E-state index >= 15 is 0 Å². The van der Waals surface area contributed by atoms with Crippen molar-refractivity contribution in [3.05, 3.63) is 72.4 Å². The molecule has 0 amide bonds. The van der Waals surface area contributed by atoms with Crippen LogP contribution >= 0.6 is 0 Å². The average Bonchev–Trinajstić information content (AvgIpc) is 2.40. The van der Waals surface area contributed by atoms with Crippen LogP contribution in [0.1, 0.15) is 12.5 Å². The molecule has 1 aromatic carbocycles. The first-order chi connectivity index (χ1) is 9.09. The second-order valence-corrected chi connectivity index (χ2v) is 3.57. The number of aromatic nitrogens is 1. The minimum atomic E-state index is -0.833. The molecule has 0 fully saturated rings. The quantitative estimate of drug-likeness (QED) is 0.681. The van der Waals surface area contributed by atoms with Crippen molar-refractivity contribution in [2.45, 2.75) is 6.92 Å². The maximum atomic E-state index is 9.00. The Morgan fingerprint density at radius 2 is 1.70 bits per heavy atom. The third kappa shape index (κ3) is 7.36. The van der Waals surface area contributed by atoms with Gasteiger partial charge in [0, 0.05) is 6.92 Å². The van der Waals surface area contributed by atoms with Gasteiger partial charge in [-0.1, -0.05) is 48.1 Å². The fourth-order valence-corrected chi connectivity index (χ4v) is 1.22. The van der Waals surface area contributed by atoms with Crippen LogP contribution in [0.5, 0.6) is 0 Å². The van der Waals surface area contributed by atoms with Gasteiger partial charge in [-0.3, -0.25) is 11.4 Å². The molecule has 107 valence electrons. The molecule has 0 bridgehead atoms. The largest absolute Gasteiger partial charge is 2.00 e. The van der Waals surface area contributed by atoms with Crippen molar-refractivity contribution in [1.82, 2.24) is 4.98 Å². The molecule has 0 atom stereocenters. The van der Waals surface area contributed by atoms with Crippen LogP contribution in [0, 0.1) is 6.58 Å². The summed E-state index contributed by atoms with van der Waals surface area (Å²) in [6.07, 6.45) is 1.69. The average molecular weight is 318 g/mol. The molecular weight excluding hydrogens is 304 g/mol. The summed E-state index contributed by atoms with van der Waals surface area (Å²) in [5.41, 5.74) is 2.01. The molecule has 2 aromatic rings. The fourth-order valence-electron chi connectivity index (χ4n) is 1.22. The first-order valence-electron chi connectivity index (χ1n) is 5.59. The number of benzene rings is 1. The zero-order valence-electron chi connectivity index (χ0n) is 10.8. The second kappa shape index (κ2) is 9.78. The molecule has 0 saturated carbocycles. The van der Waals surface area contributed by atoms with Crippen molar-refractivity contribution in [3.63, 3.8) is 0 Å². The summed E-state index contributed by atoms with van der Waals surface area (Å²) in [5, 5.41) is 7.42. The molecule has 1 heterocycles. The molecule has 0 aliphatic carbocycles. The van der Waals surface area contributed by atoms with Crippen LogP contribution in [0.2, 0.25) is 0 Å². The SMILES string of the molecule is CC(=O)O.[CH-]=C(N=c1cccc[n-]1)c1ccccc1.[Cu+2]. The van der Waals surface area contributed by atoms with Gasteiger partial charge in [0.25, 0.3) is 5.97 Å². The van der Waals surface area contributed by atoms with Crippen LogP contribution in [0.25, 0.3) is 5.70 Å². The molecule has 0 saturated heterocycles. The summed E-state index contributed by atoms with van der Waals surface area (Å²) in [6, 6.07) is 15.2. The van der Waals surface area contributed by atoms with Gasteiger partial charge in [-0.15, -0.1) is 12.1 Å². The number of nitrogens with zero attached hydrogens (tertiary/aromatic N) is 2. The van der Waals surface area contributed by atoms with Crippen LogP contribution in [-0.4, -0.2) is 11.1 Å². The predicted molar refractivity (Wildman–Crippen MR) is 72.8 cm³/mol. The Hall–Kier alpha value is -2.10. The van der Waals surface area contributed by atoms with E-state index in [0.717, 1.165) is 12.5 Å². The molecule has 0 unspecified atom stereocenters. The first kappa shape index (κ1) is 17.9. The Balaban J connectivity index is 0.000000644. The van der Waals surface area contributed by atoms with Crippen LogP contribution in [0.15, 0.2) is 59.7 Å². The number of hydrogen-bond acceptors (Lipinski definition) is 2. The molecule has 5 heteroatoms. The van der Waals surface area contributed by atoms with E-state index < -0.39 is 5.97 Å². The van der Waals surface area contributed by atoms with Crippen molar-refractivity contribution in [1.29, 1.82) is 0 Å². The topological polar surface area (TPSA) is 63.8 Å². The van der Waals surface area contributed by atoms with Gasteiger partial charge in [0.1, 0.15) is 0 Å². The van der Waals surface area contributed by atoms with E-state index in [4.69, 9.17) is 16.5 Å². The molecule has 1 aromatic heterocycles. The fraction of sp³-hybridized carbons (Fsp3) is 0.0667. The maximum Gasteiger partial charge on any atom is 2.00 e. The standard InChI is InChI=1S/C13H10N2.C2H4O2.Cu/c1-11(12-7-3-2-4-8-12)15-13-9-5-6-10-14-13;1-2(3)4;/h1-10H;1H3,(H,3,4);/q-2;;+2. The summed E-state index contributed by atoms with van der Waals surface area (Å²) in [6.45, 7) is 6.92. The Bertz CT molecular complexity index is 585. The van der Waals surface area contributed by atoms with Gasteiger partial charge >= 0.3 is 17.1 Å². The number of pyridine rings is 1. The van der Waals surface area contributed by atoms with Crippen molar-refractivity contribution in [3.8, 4) is 0 Å². The van der Waals surface area contributed by atoms with Crippen molar-refractivity contribution >= 4 is 11.7 Å². The third-order valence-corrected chi connectivity index (χ3v) is 1.95. The first-order valence-corrected chi connectivity index (χ1v) is 5.59. The van der Waals surface area contributed by atoms with Crippen LogP contribution in [-0.2, 0) is 21.9 Å². The van der Waals surface area contributed by atoms with E-state index in [2.05, 4.69) is 9.98 Å². The minimum absolute atomic E-state index is 0. The summed E-state index contributed by atoms with van der Waals surface area (Å²) >= 11 is 0. The van der Waals surface area contributed by atoms with E-state index in [-0.39, 0.29) is 17.1 Å². The molecule has 0 spiro atoms. The molecule has 2 rings (SSSR count). The monoisotopic (exact) mass is 317 g/mol. The predicted octanol–water partition coefficient (Wildman–Crippen LogP) is 2.11. The van der Waals surface area contributed by atoms with Gasteiger partial charge in [0.2, 0.25) is 0 Å². The molecule has 1 radical (unpaired) electrons. The second-order valence-electron chi connectivity index (χ2n) is 3.57. The van der Waals surface area contributed by atoms with Gasteiger partial charge in [-0.25, -0.2) is 5.70 Å². The summed E-state index contributed by atoms with van der Waals surface area (Å²) in [4.78, 5) is 17.3. The molecule has 0 aliphatic rings. The van der Waals surface area contributed by atoms with Crippen LogP contribution in [0.3, 0.4) is 0 Å².